The van der Waals surface area contributed by atoms with Gasteiger partial charge in [0, 0.05) is 51.4 Å². The van der Waals surface area contributed by atoms with Crippen molar-refractivity contribution < 1.29 is 4.74 Å². The molecule has 0 amide bonds. The van der Waals surface area contributed by atoms with Crippen LogP contribution < -0.4 is 0 Å². The maximum Gasteiger partial charge on any atom is 0.0754 e. The molecule has 0 atom stereocenters. The molecule has 5 nitrogen and oxygen atoms in total. The van der Waals surface area contributed by atoms with E-state index < -0.39 is 0 Å². The van der Waals surface area contributed by atoms with Crippen LogP contribution in [0.4, 0.5) is 0 Å². The van der Waals surface area contributed by atoms with Gasteiger partial charge in [-0.2, -0.15) is 0 Å². The van der Waals surface area contributed by atoms with Gasteiger partial charge in [-0.3, -0.25) is 0 Å². The SMILES string of the molecule is COCc1c2nc(c(-c3ccccc3)c3ccc([nH]3)c(-c3ccccc3)c3nc(c(-c4ccccc4)c4ccc1[nH]4)C=C3)C=C2. The highest BCUT2D eigenvalue weighted by Crippen LogP contribution is 2.36. The molecule has 2 N–H and O–H groups in total. The molecule has 0 saturated heterocycles. The molecule has 8 bridgehead atoms. The maximum atomic E-state index is 5.71. The molecule has 0 spiro atoms. The molecule has 0 saturated carbocycles. The summed E-state index contributed by atoms with van der Waals surface area (Å²) in [5, 5.41) is 0. The Bertz CT molecular complexity index is 2220. The van der Waals surface area contributed by atoms with E-state index in [1.54, 1.807) is 7.11 Å². The van der Waals surface area contributed by atoms with E-state index in [1.165, 1.54) is 0 Å². The third-order valence-corrected chi connectivity index (χ3v) is 8.34. The molecule has 3 aromatic heterocycles. The summed E-state index contributed by atoms with van der Waals surface area (Å²) in [6.45, 7) is 0.415. The highest BCUT2D eigenvalue weighted by atomic mass is 16.5. The van der Waals surface area contributed by atoms with Crippen LogP contribution in [0.15, 0.2) is 115 Å². The number of nitrogens with one attached hydrogen (secondary N) is 2. The van der Waals surface area contributed by atoms with Gasteiger partial charge in [0.1, 0.15) is 0 Å². The van der Waals surface area contributed by atoms with Crippen molar-refractivity contribution >= 4 is 46.4 Å². The molecule has 45 heavy (non-hydrogen) atoms. The second-order valence-electron chi connectivity index (χ2n) is 11.1. The Kier molecular flexibility index (Phi) is 6.78. The molecule has 3 aromatic carbocycles. The van der Waals surface area contributed by atoms with E-state index in [0.717, 1.165) is 83.8 Å². The number of aromatic nitrogens is 4. The molecule has 5 heteroatoms. The lowest BCUT2D eigenvalue weighted by Crippen LogP contribution is -1.93. The minimum Gasteiger partial charge on any atom is -0.380 e. The summed E-state index contributed by atoms with van der Waals surface area (Å²) in [4.78, 5) is 18.0. The predicted molar refractivity (Wildman–Crippen MR) is 186 cm³/mol. The molecule has 0 unspecified atom stereocenters. The lowest BCUT2D eigenvalue weighted by Gasteiger charge is -2.06. The van der Waals surface area contributed by atoms with E-state index in [1.807, 2.05) is 18.2 Å². The first-order valence-electron chi connectivity index (χ1n) is 15.1. The van der Waals surface area contributed by atoms with E-state index in [4.69, 9.17) is 14.7 Å². The molecule has 5 heterocycles. The number of H-pyrrole nitrogens is 2. The number of hydrogen-bond donors (Lipinski definition) is 2. The Morgan fingerprint density at radius 2 is 0.800 bits per heavy atom. The molecule has 2 aliphatic heterocycles. The number of ether oxygens (including phenoxy) is 1. The predicted octanol–water partition coefficient (Wildman–Crippen LogP) is 9.80. The average Bonchev–Trinajstić information content (AvgIpc) is 3.92. The van der Waals surface area contributed by atoms with Crippen LogP contribution in [-0.4, -0.2) is 27.0 Å². The summed E-state index contributed by atoms with van der Waals surface area (Å²) in [5.41, 5.74) is 14.9. The zero-order valence-corrected chi connectivity index (χ0v) is 24.8. The summed E-state index contributed by atoms with van der Waals surface area (Å²) >= 11 is 0. The van der Waals surface area contributed by atoms with Crippen molar-refractivity contribution in [2.24, 2.45) is 0 Å². The van der Waals surface area contributed by atoms with Gasteiger partial charge in [0.15, 0.2) is 0 Å². The van der Waals surface area contributed by atoms with Crippen LogP contribution in [0.5, 0.6) is 0 Å². The Hall–Kier alpha value is -5.78. The van der Waals surface area contributed by atoms with Crippen LogP contribution in [0.2, 0.25) is 0 Å². The zero-order valence-electron chi connectivity index (χ0n) is 24.8. The monoisotopic (exact) mass is 582 g/mol. The minimum atomic E-state index is 0.415. The summed E-state index contributed by atoms with van der Waals surface area (Å²) in [7, 11) is 1.72. The fraction of sp³-hybridized carbons (Fsp3) is 0.0500. The third-order valence-electron chi connectivity index (χ3n) is 8.34. The van der Waals surface area contributed by atoms with Gasteiger partial charge >= 0.3 is 0 Å². The topological polar surface area (TPSA) is 66.6 Å². The first-order valence-corrected chi connectivity index (χ1v) is 15.1. The summed E-state index contributed by atoms with van der Waals surface area (Å²) < 4.78 is 5.71. The fourth-order valence-electron chi connectivity index (χ4n) is 6.29. The first-order chi connectivity index (χ1) is 22.3. The van der Waals surface area contributed by atoms with Crippen LogP contribution in [0.25, 0.3) is 79.8 Å². The van der Waals surface area contributed by atoms with Gasteiger partial charge in [-0.1, -0.05) is 91.0 Å². The molecular formula is C40H30N4O. The summed E-state index contributed by atoms with van der Waals surface area (Å²) in [5.74, 6) is 0. The van der Waals surface area contributed by atoms with Crippen LogP contribution in [0, 0.1) is 0 Å². The van der Waals surface area contributed by atoms with Crippen molar-refractivity contribution in [2.75, 3.05) is 7.11 Å². The van der Waals surface area contributed by atoms with Gasteiger partial charge in [-0.15, -0.1) is 0 Å². The fourth-order valence-corrected chi connectivity index (χ4v) is 6.29. The molecule has 6 aromatic rings. The lowest BCUT2D eigenvalue weighted by molar-refractivity contribution is 0.185. The molecule has 216 valence electrons. The lowest BCUT2D eigenvalue weighted by atomic mass is 10.0. The van der Waals surface area contributed by atoms with E-state index >= 15 is 0 Å². The number of methoxy groups -OCH3 is 1. The average molecular weight is 583 g/mol. The smallest absolute Gasteiger partial charge is 0.0754 e. The van der Waals surface area contributed by atoms with E-state index in [0.29, 0.717) is 6.61 Å². The molecule has 0 radical (unpaired) electrons. The molecule has 0 fully saturated rings. The van der Waals surface area contributed by atoms with Crippen LogP contribution in [-0.2, 0) is 11.3 Å². The number of aromatic amines is 2. The normalized spacial score (nSPS) is 12.1. The maximum absolute atomic E-state index is 5.71. The van der Waals surface area contributed by atoms with Gasteiger partial charge in [0.25, 0.3) is 0 Å². The highest BCUT2D eigenvalue weighted by molar-refractivity contribution is 5.97. The van der Waals surface area contributed by atoms with Crippen molar-refractivity contribution in [1.29, 1.82) is 0 Å². The Balaban J connectivity index is 1.57. The quantitative estimate of drug-likeness (QED) is 0.212. The van der Waals surface area contributed by atoms with E-state index in [-0.39, 0.29) is 0 Å². The van der Waals surface area contributed by atoms with Gasteiger partial charge in [0.05, 0.1) is 29.4 Å². The Labute approximate surface area is 261 Å². The summed E-state index contributed by atoms with van der Waals surface area (Å²) in [6.07, 6.45) is 8.43. The van der Waals surface area contributed by atoms with Crippen molar-refractivity contribution in [3.63, 3.8) is 0 Å². The second kappa shape index (κ2) is 11.4. The van der Waals surface area contributed by atoms with E-state index in [9.17, 15) is 0 Å². The van der Waals surface area contributed by atoms with Crippen LogP contribution in [0.1, 0.15) is 28.3 Å². The van der Waals surface area contributed by atoms with Gasteiger partial charge in [-0.05, 0) is 65.3 Å². The molecule has 2 aliphatic rings. The number of hydrogen-bond acceptors (Lipinski definition) is 3. The number of rotatable bonds is 5. The molecule has 8 rings (SSSR count). The van der Waals surface area contributed by atoms with Crippen LogP contribution in [0.3, 0.4) is 0 Å². The van der Waals surface area contributed by atoms with Crippen molar-refractivity contribution in [2.45, 2.75) is 6.61 Å². The van der Waals surface area contributed by atoms with Gasteiger partial charge < -0.3 is 14.7 Å². The second-order valence-corrected chi connectivity index (χ2v) is 11.1. The largest absolute Gasteiger partial charge is 0.380 e. The van der Waals surface area contributed by atoms with Crippen molar-refractivity contribution in [3.05, 3.63) is 144 Å². The van der Waals surface area contributed by atoms with E-state index in [2.05, 4.69) is 131 Å². The zero-order chi connectivity index (χ0) is 30.2. The third kappa shape index (κ3) is 4.89. The number of benzene rings is 3. The molecular weight excluding hydrogens is 552 g/mol. The standard InChI is InChI=1S/C40H30N4O/c1-45-25-29-30-17-19-32(41-30)38(26-11-5-2-6-12-26)34-21-23-36(43-34)40(28-15-9-4-10-16-28)37-24-22-35(44-37)39(27-13-7-3-8-14-27)33-20-18-31(29)42-33/h2-24,41,44H,25H2,1H3. The van der Waals surface area contributed by atoms with Gasteiger partial charge in [0.2, 0.25) is 0 Å². The van der Waals surface area contributed by atoms with Gasteiger partial charge in [-0.25, -0.2) is 9.97 Å². The molecule has 0 aliphatic carbocycles. The minimum absolute atomic E-state index is 0.415. The van der Waals surface area contributed by atoms with Crippen molar-refractivity contribution in [1.82, 2.24) is 19.9 Å². The number of nitrogens with zero attached hydrogens (tertiary/aromatic N) is 2. The highest BCUT2D eigenvalue weighted by Gasteiger charge is 2.18. The number of fused-ring (bicyclic) bond motifs is 8. The van der Waals surface area contributed by atoms with Crippen LogP contribution >= 0.6 is 0 Å². The summed E-state index contributed by atoms with van der Waals surface area (Å²) in [6, 6.07) is 39.9. The Morgan fingerprint density at radius 1 is 0.444 bits per heavy atom. The van der Waals surface area contributed by atoms with Crippen molar-refractivity contribution in [3.8, 4) is 33.4 Å². The first kappa shape index (κ1) is 26.8. The Morgan fingerprint density at radius 3 is 1.22 bits per heavy atom.